The molecule has 0 bridgehead atoms. The highest BCUT2D eigenvalue weighted by molar-refractivity contribution is 5.31. The van der Waals surface area contributed by atoms with E-state index in [9.17, 15) is 0 Å². The number of aliphatic hydroxyl groups excluding tert-OH is 1. The highest BCUT2D eigenvalue weighted by Crippen LogP contribution is 1.93. The molecule has 0 radical (unpaired) electrons. The van der Waals surface area contributed by atoms with Gasteiger partial charge in [-0.15, -0.1) is 0 Å². The first-order valence-electron chi connectivity index (χ1n) is 2.63. The molecule has 0 aliphatic heterocycles. The van der Waals surface area contributed by atoms with Crippen LogP contribution in [0.3, 0.4) is 0 Å². The van der Waals surface area contributed by atoms with Gasteiger partial charge in [0.2, 0.25) is 0 Å². The van der Waals surface area contributed by atoms with Gasteiger partial charge in [-0.25, -0.2) is 0 Å². The molecular weight excluding hydrogens is 112 g/mol. The zero-order valence-electron chi connectivity index (χ0n) is 4.83. The molecular formula is C8H6O. The van der Waals surface area contributed by atoms with E-state index in [1.54, 1.807) is 0 Å². The second kappa shape index (κ2) is 2.78. The SMILES string of the molecule is OC#Cc1ccccc1. The number of rotatable bonds is 0. The lowest BCUT2D eigenvalue weighted by Crippen LogP contribution is -1.68. The molecule has 1 N–H and O–H groups in total. The summed E-state index contributed by atoms with van der Waals surface area (Å²) in [6.45, 7) is 0. The molecule has 0 aromatic heterocycles. The van der Waals surface area contributed by atoms with Crippen molar-refractivity contribution in [3.8, 4) is 12.0 Å². The molecule has 44 valence electrons. The monoisotopic (exact) mass is 118 g/mol. The lowest BCUT2D eigenvalue weighted by Gasteiger charge is -1.82. The number of benzene rings is 1. The quantitative estimate of drug-likeness (QED) is 0.510. The first kappa shape index (κ1) is 5.71. The van der Waals surface area contributed by atoms with E-state index in [1.807, 2.05) is 36.4 Å². The van der Waals surface area contributed by atoms with Crippen molar-refractivity contribution in [3.63, 3.8) is 0 Å². The van der Waals surface area contributed by atoms with E-state index in [0.717, 1.165) is 5.56 Å². The molecule has 0 spiro atoms. The average molecular weight is 118 g/mol. The van der Waals surface area contributed by atoms with E-state index in [0.29, 0.717) is 0 Å². The van der Waals surface area contributed by atoms with E-state index >= 15 is 0 Å². The number of hydrogen-bond donors (Lipinski definition) is 1. The van der Waals surface area contributed by atoms with E-state index in [-0.39, 0.29) is 0 Å². The summed E-state index contributed by atoms with van der Waals surface area (Å²) >= 11 is 0. The standard InChI is InChI=1S/C8H6O/c9-7-6-8-4-2-1-3-5-8/h1-5,9H. The Morgan fingerprint density at radius 3 is 2.33 bits per heavy atom. The fourth-order valence-corrected chi connectivity index (χ4v) is 0.586. The Bertz CT molecular complexity index is 228. The van der Waals surface area contributed by atoms with Crippen LogP contribution >= 0.6 is 0 Å². The second-order valence-electron chi connectivity index (χ2n) is 1.60. The van der Waals surface area contributed by atoms with Gasteiger partial charge in [-0.1, -0.05) is 18.2 Å². The summed E-state index contributed by atoms with van der Waals surface area (Å²) in [6, 6.07) is 9.33. The number of hydrogen-bond acceptors (Lipinski definition) is 1. The maximum Gasteiger partial charge on any atom is 0.113 e. The van der Waals surface area contributed by atoms with E-state index in [2.05, 4.69) is 5.92 Å². The predicted molar refractivity (Wildman–Crippen MR) is 35.3 cm³/mol. The molecule has 1 nitrogen and oxygen atoms in total. The summed E-state index contributed by atoms with van der Waals surface area (Å²) in [7, 11) is 0. The minimum atomic E-state index is 0.833. The zero-order valence-corrected chi connectivity index (χ0v) is 4.83. The van der Waals surface area contributed by atoms with Crippen LogP contribution in [0.1, 0.15) is 5.56 Å². The van der Waals surface area contributed by atoms with Gasteiger partial charge in [0.15, 0.2) is 0 Å². The van der Waals surface area contributed by atoms with Crippen molar-refractivity contribution in [2.75, 3.05) is 0 Å². The fraction of sp³-hybridized carbons (Fsp3) is 0. The van der Waals surface area contributed by atoms with Gasteiger partial charge >= 0.3 is 0 Å². The van der Waals surface area contributed by atoms with Crippen molar-refractivity contribution < 1.29 is 5.11 Å². The van der Waals surface area contributed by atoms with Crippen molar-refractivity contribution in [1.29, 1.82) is 0 Å². The van der Waals surface area contributed by atoms with Gasteiger partial charge in [-0.3, -0.25) is 0 Å². The van der Waals surface area contributed by atoms with Crippen LogP contribution in [0.5, 0.6) is 0 Å². The van der Waals surface area contributed by atoms with Crippen molar-refractivity contribution in [2.45, 2.75) is 0 Å². The molecule has 1 heteroatoms. The lowest BCUT2D eigenvalue weighted by atomic mass is 10.2. The van der Waals surface area contributed by atoms with Crippen LogP contribution in [0.25, 0.3) is 0 Å². The second-order valence-corrected chi connectivity index (χ2v) is 1.60. The van der Waals surface area contributed by atoms with Gasteiger partial charge in [0, 0.05) is 5.56 Å². The molecule has 0 heterocycles. The minimum Gasteiger partial charge on any atom is -0.462 e. The van der Waals surface area contributed by atoms with Gasteiger partial charge in [-0.2, -0.15) is 0 Å². The molecule has 9 heavy (non-hydrogen) atoms. The van der Waals surface area contributed by atoms with E-state index < -0.39 is 0 Å². The Kier molecular flexibility index (Phi) is 1.77. The van der Waals surface area contributed by atoms with Crippen molar-refractivity contribution in [2.24, 2.45) is 0 Å². The summed E-state index contributed by atoms with van der Waals surface area (Å²) in [5, 5.41) is 8.16. The third-order valence-electron chi connectivity index (χ3n) is 0.974. The van der Waals surface area contributed by atoms with Crippen LogP contribution in [0.15, 0.2) is 30.3 Å². The molecule has 1 aromatic rings. The highest BCUT2D eigenvalue weighted by atomic mass is 16.2. The van der Waals surface area contributed by atoms with Crippen molar-refractivity contribution >= 4 is 0 Å². The average Bonchev–Trinajstić information content (AvgIpc) is 1.91. The maximum atomic E-state index is 8.16. The highest BCUT2D eigenvalue weighted by Gasteiger charge is 1.78. The summed E-state index contributed by atoms with van der Waals surface area (Å²) in [4.78, 5) is 0. The lowest BCUT2D eigenvalue weighted by molar-refractivity contribution is 0.517. The Morgan fingerprint density at radius 1 is 1.11 bits per heavy atom. The molecule has 1 aromatic carbocycles. The van der Waals surface area contributed by atoms with Crippen LogP contribution in [0.2, 0.25) is 0 Å². The maximum absolute atomic E-state index is 8.16. The molecule has 0 saturated heterocycles. The summed E-state index contributed by atoms with van der Waals surface area (Å²) in [5.41, 5.74) is 0.833. The van der Waals surface area contributed by atoms with E-state index in [1.165, 1.54) is 0 Å². The smallest absolute Gasteiger partial charge is 0.113 e. The molecule has 0 unspecified atom stereocenters. The van der Waals surface area contributed by atoms with Gasteiger partial charge < -0.3 is 5.11 Å². The summed E-state index contributed by atoms with van der Waals surface area (Å²) < 4.78 is 0. The van der Waals surface area contributed by atoms with Crippen molar-refractivity contribution in [3.05, 3.63) is 35.9 Å². The molecule has 0 atom stereocenters. The predicted octanol–water partition coefficient (Wildman–Crippen LogP) is 1.37. The molecule has 0 saturated carbocycles. The normalized spacial score (nSPS) is 7.56. The summed E-state index contributed by atoms with van der Waals surface area (Å²) in [5.74, 6) is 2.51. The van der Waals surface area contributed by atoms with Gasteiger partial charge in [-0.05, 0) is 18.1 Å². The number of aliphatic hydroxyl groups is 1. The Morgan fingerprint density at radius 2 is 1.78 bits per heavy atom. The molecule has 0 fully saturated rings. The third-order valence-corrected chi connectivity index (χ3v) is 0.974. The first-order chi connectivity index (χ1) is 4.43. The molecule has 0 aliphatic rings. The Hall–Kier alpha value is -1.42. The van der Waals surface area contributed by atoms with Gasteiger partial charge in [0.25, 0.3) is 0 Å². The molecule has 0 aliphatic carbocycles. The van der Waals surface area contributed by atoms with Crippen LogP contribution in [0, 0.1) is 12.0 Å². The summed E-state index contributed by atoms with van der Waals surface area (Å²) in [6.07, 6.45) is 1.83. The van der Waals surface area contributed by atoms with Crippen molar-refractivity contribution in [1.82, 2.24) is 0 Å². The van der Waals surface area contributed by atoms with Gasteiger partial charge in [0.1, 0.15) is 6.11 Å². The topological polar surface area (TPSA) is 20.2 Å². The van der Waals surface area contributed by atoms with Gasteiger partial charge in [0.05, 0.1) is 0 Å². The molecule has 1 rings (SSSR count). The van der Waals surface area contributed by atoms with Crippen LogP contribution in [-0.2, 0) is 0 Å². The van der Waals surface area contributed by atoms with Crippen LogP contribution in [0.4, 0.5) is 0 Å². The zero-order chi connectivity index (χ0) is 6.53. The van der Waals surface area contributed by atoms with Crippen LogP contribution < -0.4 is 0 Å². The largest absolute Gasteiger partial charge is 0.462 e. The van der Waals surface area contributed by atoms with Crippen LogP contribution in [-0.4, -0.2) is 5.11 Å². The molecule has 0 amide bonds. The fourth-order valence-electron chi connectivity index (χ4n) is 0.586. The first-order valence-corrected chi connectivity index (χ1v) is 2.63. The van der Waals surface area contributed by atoms with E-state index in [4.69, 9.17) is 5.11 Å². The Labute approximate surface area is 54.0 Å². The Balaban J connectivity index is 2.94. The third kappa shape index (κ3) is 1.50. The minimum absolute atomic E-state index is 0.833.